The molecule has 0 fully saturated rings. The van der Waals surface area contributed by atoms with Crippen molar-refractivity contribution in [3.63, 3.8) is 0 Å². The van der Waals surface area contributed by atoms with Gasteiger partial charge in [0.05, 0.1) is 7.11 Å². The van der Waals surface area contributed by atoms with Gasteiger partial charge in [0.25, 0.3) is 0 Å². The highest BCUT2D eigenvalue weighted by Crippen LogP contribution is 2.18. The van der Waals surface area contributed by atoms with E-state index in [9.17, 15) is 9.18 Å². The molecule has 2 rings (SSSR count). The number of Topliss-reactive ketones (excluding diaryl/α,β-unsaturated/α-hetero) is 1. The van der Waals surface area contributed by atoms with E-state index in [0.29, 0.717) is 17.7 Å². The largest absolute Gasteiger partial charge is 0.496 e. The highest BCUT2D eigenvalue weighted by atomic mass is 19.1. The number of benzene rings is 2. The molecule has 2 nitrogen and oxygen atoms in total. The van der Waals surface area contributed by atoms with Crippen molar-refractivity contribution in [2.75, 3.05) is 7.11 Å². The third kappa shape index (κ3) is 3.65. The molecule has 98 valence electrons. The van der Waals surface area contributed by atoms with Crippen LogP contribution >= 0.6 is 0 Å². The first-order chi connectivity index (χ1) is 9.19. The van der Waals surface area contributed by atoms with Crippen molar-refractivity contribution in [1.82, 2.24) is 0 Å². The molecular weight excluding hydrogens is 243 g/mol. The molecule has 3 heteroatoms. The lowest BCUT2D eigenvalue weighted by Gasteiger charge is -2.07. The summed E-state index contributed by atoms with van der Waals surface area (Å²) >= 11 is 0. The van der Waals surface area contributed by atoms with E-state index in [4.69, 9.17) is 4.74 Å². The van der Waals surface area contributed by atoms with Crippen LogP contribution < -0.4 is 4.74 Å². The Hall–Kier alpha value is -2.16. The SMILES string of the molecule is COc1ccccc1CC(=O)Cc1cccc(F)c1. The molecule has 0 spiro atoms. The number of halogens is 1. The molecule has 0 aliphatic carbocycles. The average molecular weight is 258 g/mol. The van der Waals surface area contributed by atoms with Gasteiger partial charge in [-0.25, -0.2) is 4.39 Å². The van der Waals surface area contributed by atoms with Crippen LogP contribution in [0.15, 0.2) is 48.5 Å². The van der Waals surface area contributed by atoms with Crippen LogP contribution in [-0.4, -0.2) is 12.9 Å². The average Bonchev–Trinajstić information content (AvgIpc) is 2.39. The van der Waals surface area contributed by atoms with E-state index < -0.39 is 0 Å². The molecule has 0 unspecified atom stereocenters. The minimum Gasteiger partial charge on any atom is -0.496 e. The van der Waals surface area contributed by atoms with Crippen LogP contribution in [0.4, 0.5) is 4.39 Å². The summed E-state index contributed by atoms with van der Waals surface area (Å²) in [6.07, 6.45) is 0.524. The number of para-hydroxylation sites is 1. The monoisotopic (exact) mass is 258 g/mol. The third-order valence-electron chi connectivity index (χ3n) is 2.87. The number of rotatable bonds is 5. The summed E-state index contributed by atoms with van der Waals surface area (Å²) in [5.74, 6) is 0.424. The normalized spacial score (nSPS) is 10.2. The van der Waals surface area contributed by atoms with Gasteiger partial charge in [0.15, 0.2) is 0 Å². The number of methoxy groups -OCH3 is 1. The van der Waals surface area contributed by atoms with E-state index in [1.54, 1.807) is 19.2 Å². The lowest BCUT2D eigenvalue weighted by Crippen LogP contribution is -2.07. The van der Waals surface area contributed by atoms with E-state index in [1.165, 1.54) is 12.1 Å². The highest BCUT2D eigenvalue weighted by Gasteiger charge is 2.09. The summed E-state index contributed by atoms with van der Waals surface area (Å²) in [6.45, 7) is 0. The Bertz CT molecular complexity index is 578. The molecule has 0 radical (unpaired) electrons. The topological polar surface area (TPSA) is 26.3 Å². The first kappa shape index (κ1) is 13.3. The number of ether oxygens (including phenoxy) is 1. The van der Waals surface area contributed by atoms with Gasteiger partial charge in [-0.2, -0.15) is 0 Å². The predicted molar refractivity (Wildman–Crippen MR) is 71.8 cm³/mol. The zero-order valence-corrected chi connectivity index (χ0v) is 10.7. The van der Waals surface area contributed by atoms with Crippen LogP contribution in [0.1, 0.15) is 11.1 Å². The molecule has 0 amide bonds. The fourth-order valence-corrected chi connectivity index (χ4v) is 2.00. The maximum atomic E-state index is 13.0. The minimum atomic E-state index is -0.317. The van der Waals surface area contributed by atoms with Crippen LogP contribution in [0.5, 0.6) is 5.75 Å². The first-order valence-corrected chi connectivity index (χ1v) is 6.07. The highest BCUT2D eigenvalue weighted by molar-refractivity contribution is 5.83. The second-order valence-corrected chi connectivity index (χ2v) is 4.33. The summed E-state index contributed by atoms with van der Waals surface area (Å²) in [6, 6.07) is 13.5. The Labute approximate surface area is 111 Å². The van der Waals surface area contributed by atoms with Crippen LogP contribution in [0.2, 0.25) is 0 Å². The second kappa shape index (κ2) is 6.14. The van der Waals surface area contributed by atoms with Gasteiger partial charge >= 0.3 is 0 Å². The Morgan fingerprint density at radius 1 is 1.11 bits per heavy atom. The van der Waals surface area contributed by atoms with Gasteiger partial charge in [-0.1, -0.05) is 30.3 Å². The van der Waals surface area contributed by atoms with E-state index in [2.05, 4.69) is 0 Å². The fraction of sp³-hybridized carbons (Fsp3) is 0.188. The van der Waals surface area contributed by atoms with Gasteiger partial charge in [-0.15, -0.1) is 0 Å². The minimum absolute atomic E-state index is 0.0371. The summed E-state index contributed by atoms with van der Waals surface area (Å²) in [4.78, 5) is 12.0. The summed E-state index contributed by atoms with van der Waals surface area (Å²) in [7, 11) is 1.58. The van der Waals surface area contributed by atoms with Crippen molar-refractivity contribution in [2.45, 2.75) is 12.8 Å². The molecule has 2 aromatic rings. The first-order valence-electron chi connectivity index (χ1n) is 6.07. The van der Waals surface area contributed by atoms with Crippen molar-refractivity contribution in [3.8, 4) is 5.75 Å². The smallest absolute Gasteiger partial charge is 0.141 e. The molecule has 0 aromatic heterocycles. The summed E-state index contributed by atoms with van der Waals surface area (Å²) in [5.41, 5.74) is 1.55. The Balaban J connectivity index is 2.05. The van der Waals surface area contributed by atoms with Gasteiger partial charge in [0.2, 0.25) is 0 Å². The zero-order valence-electron chi connectivity index (χ0n) is 10.7. The van der Waals surface area contributed by atoms with E-state index >= 15 is 0 Å². The molecule has 0 aliphatic heterocycles. The second-order valence-electron chi connectivity index (χ2n) is 4.33. The Morgan fingerprint density at radius 2 is 1.89 bits per heavy atom. The van der Waals surface area contributed by atoms with E-state index in [0.717, 1.165) is 5.56 Å². The van der Waals surface area contributed by atoms with Crippen LogP contribution in [0.25, 0.3) is 0 Å². The number of ketones is 1. The van der Waals surface area contributed by atoms with Crippen LogP contribution in [0, 0.1) is 5.82 Å². The van der Waals surface area contributed by atoms with Gasteiger partial charge in [0.1, 0.15) is 17.3 Å². The standard InChI is InChI=1S/C16H15FO2/c1-19-16-8-3-2-6-13(16)11-15(18)10-12-5-4-7-14(17)9-12/h2-9H,10-11H2,1H3. The van der Waals surface area contributed by atoms with Crippen LogP contribution in [0.3, 0.4) is 0 Å². The van der Waals surface area contributed by atoms with Crippen molar-refractivity contribution in [1.29, 1.82) is 0 Å². The van der Waals surface area contributed by atoms with Crippen molar-refractivity contribution in [3.05, 3.63) is 65.5 Å². The molecule has 0 saturated heterocycles. The molecule has 19 heavy (non-hydrogen) atoms. The van der Waals surface area contributed by atoms with E-state index in [1.807, 2.05) is 24.3 Å². The molecule has 0 bridgehead atoms. The number of hydrogen-bond acceptors (Lipinski definition) is 2. The van der Waals surface area contributed by atoms with Crippen molar-refractivity contribution >= 4 is 5.78 Å². The molecule has 0 aliphatic rings. The Morgan fingerprint density at radius 3 is 2.63 bits per heavy atom. The third-order valence-corrected chi connectivity index (χ3v) is 2.87. The van der Waals surface area contributed by atoms with Gasteiger partial charge in [0, 0.05) is 18.4 Å². The van der Waals surface area contributed by atoms with Crippen molar-refractivity contribution in [2.24, 2.45) is 0 Å². The van der Waals surface area contributed by atoms with Crippen LogP contribution in [-0.2, 0) is 17.6 Å². The fourth-order valence-electron chi connectivity index (χ4n) is 2.00. The molecule has 0 heterocycles. The summed E-state index contributed by atoms with van der Waals surface area (Å²) in [5, 5.41) is 0. The number of carbonyl (C=O) groups is 1. The summed E-state index contributed by atoms with van der Waals surface area (Å²) < 4.78 is 18.2. The zero-order chi connectivity index (χ0) is 13.7. The maximum Gasteiger partial charge on any atom is 0.141 e. The lowest BCUT2D eigenvalue weighted by molar-refractivity contribution is -0.117. The van der Waals surface area contributed by atoms with Gasteiger partial charge in [-0.05, 0) is 23.8 Å². The Kier molecular flexibility index (Phi) is 4.29. The lowest BCUT2D eigenvalue weighted by atomic mass is 10.0. The molecule has 0 atom stereocenters. The van der Waals surface area contributed by atoms with Gasteiger partial charge < -0.3 is 4.74 Å². The van der Waals surface area contributed by atoms with Gasteiger partial charge in [-0.3, -0.25) is 4.79 Å². The molecule has 2 aromatic carbocycles. The predicted octanol–water partition coefficient (Wildman–Crippen LogP) is 3.19. The molecule has 0 saturated carbocycles. The molecular formula is C16H15FO2. The number of carbonyl (C=O) groups excluding carboxylic acids is 1. The number of hydrogen-bond donors (Lipinski definition) is 0. The maximum absolute atomic E-state index is 13.0. The van der Waals surface area contributed by atoms with E-state index in [-0.39, 0.29) is 18.0 Å². The quantitative estimate of drug-likeness (QED) is 0.823. The molecule has 0 N–H and O–H groups in total. The van der Waals surface area contributed by atoms with Crippen molar-refractivity contribution < 1.29 is 13.9 Å².